The number of rotatable bonds is 2. The third kappa shape index (κ3) is 3.57. The van der Waals surface area contributed by atoms with Crippen molar-refractivity contribution in [3.63, 3.8) is 0 Å². The van der Waals surface area contributed by atoms with Crippen LogP contribution >= 0.6 is 0 Å². The Labute approximate surface area is 113 Å². The van der Waals surface area contributed by atoms with Gasteiger partial charge in [0, 0.05) is 41.4 Å². The second kappa shape index (κ2) is 5.63. The Hall–Kier alpha value is -0.880. The molecule has 1 heterocycles. The zero-order chi connectivity index (χ0) is 14.0. The van der Waals surface area contributed by atoms with Crippen LogP contribution in [0.25, 0.3) is 0 Å². The molecule has 1 unspecified atom stereocenters. The summed E-state index contributed by atoms with van der Waals surface area (Å²) in [5.74, 6) is 1.29. The van der Waals surface area contributed by atoms with Crippen molar-refractivity contribution in [2.45, 2.75) is 19.1 Å². The Kier molecular flexibility index (Phi) is 4.30. The van der Waals surface area contributed by atoms with Crippen molar-refractivity contribution in [1.29, 1.82) is 0 Å². The second-order valence-electron chi connectivity index (χ2n) is 4.68. The summed E-state index contributed by atoms with van der Waals surface area (Å²) in [5, 5.41) is 0. The van der Waals surface area contributed by atoms with Gasteiger partial charge in [0.2, 0.25) is 0 Å². The van der Waals surface area contributed by atoms with Gasteiger partial charge in [0.15, 0.2) is 0 Å². The first-order chi connectivity index (χ1) is 8.88. The van der Waals surface area contributed by atoms with Crippen LogP contribution in [0.15, 0.2) is 24.3 Å². The molecule has 1 fully saturated rings. The molecule has 1 aliphatic heterocycles. The lowest BCUT2D eigenvalue weighted by molar-refractivity contribution is -0.137. The van der Waals surface area contributed by atoms with Crippen molar-refractivity contribution in [3.05, 3.63) is 35.4 Å². The average molecular weight is 291 g/mol. The van der Waals surface area contributed by atoms with Crippen molar-refractivity contribution < 1.29 is 17.4 Å². The summed E-state index contributed by atoms with van der Waals surface area (Å²) in [6.45, 7) is 3.43. The van der Waals surface area contributed by atoms with E-state index in [1.807, 2.05) is 6.92 Å². The molecule has 1 aromatic rings. The summed E-state index contributed by atoms with van der Waals surface area (Å²) in [5.41, 5.74) is 0.240. The summed E-state index contributed by atoms with van der Waals surface area (Å²) >= 11 is 0. The molecular weight excluding hydrogens is 275 g/mol. The van der Waals surface area contributed by atoms with Crippen LogP contribution in [0.1, 0.15) is 24.1 Å². The maximum absolute atomic E-state index is 12.5. The van der Waals surface area contributed by atoms with Crippen molar-refractivity contribution in [2.24, 2.45) is 0 Å². The molecule has 1 atom stereocenters. The van der Waals surface area contributed by atoms with Gasteiger partial charge in [0.25, 0.3) is 0 Å². The number of benzene rings is 1. The number of hydrogen-bond acceptors (Lipinski definition) is 2. The minimum atomic E-state index is -4.29. The van der Waals surface area contributed by atoms with E-state index < -0.39 is 22.5 Å². The highest BCUT2D eigenvalue weighted by molar-refractivity contribution is 7.85. The molecule has 2 nitrogen and oxygen atoms in total. The summed E-state index contributed by atoms with van der Waals surface area (Å²) in [4.78, 5) is 2.16. The maximum atomic E-state index is 12.5. The van der Waals surface area contributed by atoms with Gasteiger partial charge in [-0.2, -0.15) is 13.2 Å². The molecule has 6 heteroatoms. The minimum Gasteiger partial charge on any atom is -0.295 e. The van der Waals surface area contributed by atoms with Gasteiger partial charge in [0.05, 0.1) is 5.56 Å². The normalized spacial score (nSPS) is 20.4. The largest absolute Gasteiger partial charge is 0.416 e. The van der Waals surface area contributed by atoms with Crippen LogP contribution in [0.3, 0.4) is 0 Å². The highest BCUT2D eigenvalue weighted by Crippen LogP contribution is 2.30. The zero-order valence-electron chi connectivity index (χ0n) is 10.6. The van der Waals surface area contributed by atoms with Crippen LogP contribution in [0.4, 0.5) is 13.2 Å². The van der Waals surface area contributed by atoms with E-state index in [1.165, 1.54) is 12.1 Å². The van der Waals surface area contributed by atoms with E-state index in [9.17, 15) is 17.4 Å². The topological polar surface area (TPSA) is 20.3 Å². The molecule has 2 rings (SSSR count). The maximum Gasteiger partial charge on any atom is 0.416 e. The van der Waals surface area contributed by atoms with Crippen molar-refractivity contribution in [1.82, 2.24) is 4.90 Å². The average Bonchev–Trinajstić information content (AvgIpc) is 2.38. The van der Waals surface area contributed by atoms with Gasteiger partial charge in [0.1, 0.15) is 0 Å². The fraction of sp³-hybridized carbons (Fsp3) is 0.538. The van der Waals surface area contributed by atoms with Gasteiger partial charge >= 0.3 is 6.18 Å². The van der Waals surface area contributed by atoms with Crippen LogP contribution in [0, 0.1) is 0 Å². The molecule has 0 aliphatic carbocycles. The van der Waals surface area contributed by atoms with Crippen molar-refractivity contribution in [3.8, 4) is 0 Å². The Morgan fingerprint density at radius 3 is 2.16 bits per heavy atom. The minimum absolute atomic E-state index is 0.0552. The van der Waals surface area contributed by atoms with Gasteiger partial charge in [-0.15, -0.1) is 0 Å². The lowest BCUT2D eigenvalue weighted by Gasteiger charge is -2.32. The van der Waals surface area contributed by atoms with Gasteiger partial charge in [-0.25, -0.2) is 0 Å². The van der Waals surface area contributed by atoms with Gasteiger partial charge in [-0.1, -0.05) is 12.1 Å². The first-order valence-corrected chi connectivity index (χ1v) is 7.63. The Morgan fingerprint density at radius 2 is 1.68 bits per heavy atom. The fourth-order valence-corrected chi connectivity index (χ4v) is 3.28. The van der Waals surface area contributed by atoms with Crippen molar-refractivity contribution >= 4 is 10.8 Å². The molecule has 0 amide bonds. The molecule has 106 valence electrons. The first kappa shape index (κ1) is 14.5. The number of nitrogens with zero attached hydrogens (tertiary/aromatic N) is 1. The third-order valence-electron chi connectivity index (χ3n) is 3.48. The molecule has 0 aromatic heterocycles. The molecule has 0 saturated carbocycles. The lowest BCUT2D eigenvalue weighted by Crippen LogP contribution is -2.39. The monoisotopic (exact) mass is 291 g/mol. The first-order valence-electron chi connectivity index (χ1n) is 6.14. The van der Waals surface area contributed by atoms with E-state index in [2.05, 4.69) is 4.90 Å². The quantitative estimate of drug-likeness (QED) is 0.835. The summed E-state index contributed by atoms with van der Waals surface area (Å²) in [6, 6.07) is 5.35. The third-order valence-corrected chi connectivity index (χ3v) is 4.76. The smallest absolute Gasteiger partial charge is 0.295 e. The van der Waals surface area contributed by atoms with Crippen LogP contribution < -0.4 is 0 Å². The van der Waals surface area contributed by atoms with Crippen LogP contribution in [-0.2, 0) is 17.0 Å². The molecule has 1 aliphatic rings. The Bertz CT molecular complexity index is 448. The molecule has 0 bridgehead atoms. The fourth-order valence-electron chi connectivity index (χ4n) is 2.20. The molecule has 19 heavy (non-hydrogen) atoms. The predicted molar refractivity (Wildman–Crippen MR) is 69.3 cm³/mol. The Morgan fingerprint density at radius 1 is 1.16 bits per heavy atom. The number of alkyl halides is 3. The van der Waals surface area contributed by atoms with Crippen LogP contribution in [0.2, 0.25) is 0 Å². The lowest BCUT2D eigenvalue weighted by atomic mass is 10.0. The highest BCUT2D eigenvalue weighted by atomic mass is 32.2. The molecule has 1 saturated heterocycles. The number of halogens is 3. The van der Waals surface area contributed by atoms with Crippen molar-refractivity contribution in [2.75, 3.05) is 24.6 Å². The predicted octanol–water partition coefficient (Wildman–Crippen LogP) is 2.83. The van der Waals surface area contributed by atoms with E-state index in [1.54, 1.807) is 0 Å². The van der Waals surface area contributed by atoms with E-state index in [4.69, 9.17) is 0 Å². The molecule has 1 aromatic carbocycles. The molecule has 0 radical (unpaired) electrons. The van der Waals surface area contributed by atoms with Crippen LogP contribution in [0.5, 0.6) is 0 Å². The molecular formula is C13H16F3NOS. The highest BCUT2D eigenvalue weighted by Gasteiger charge is 2.30. The molecule has 0 N–H and O–H groups in total. The van der Waals surface area contributed by atoms with Gasteiger partial charge < -0.3 is 0 Å². The van der Waals surface area contributed by atoms with E-state index in [0.29, 0.717) is 11.5 Å². The van der Waals surface area contributed by atoms with E-state index in [0.717, 1.165) is 30.8 Å². The standard InChI is InChI=1S/C13H16F3NOS/c1-10(17-6-8-19(18)9-7-17)11-2-4-12(5-3-11)13(14,15)16/h2-5,10H,6-9H2,1H3. The zero-order valence-corrected chi connectivity index (χ0v) is 11.4. The summed E-state index contributed by atoms with van der Waals surface area (Å²) < 4.78 is 48.7. The second-order valence-corrected chi connectivity index (χ2v) is 6.38. The summed E-state index contributed by atoms with van der Waals surface area (Å²) in [6.07, 6.45) is -4.29. The van der Waals surface area contributed by atoms with Gasteiger partial charge in [-0.05, 0) is 24.6 Å². The van der Waals surface area contributed by atoms with E-state index >= 15 is 0 Å². The molecule has 0 spiro atoms. The van der Waals surface area contributed by atoms with Crippen LogP contribution in [-0.4, -0.2) is 33.7 Å². The van der Waals surface area contributed by atoms with E-state index in [-0.39, 0.29) is 6.04 Å². The number of hydrogen-bond donors (Lipinski definition) is 0. The van der Waals surface area contributed by atoms with Gasteiger partial charge in [-0.3, -0.25) is 9.11 Å². The summed E-state index contributed by atoms with van der Waals surface area (Å²) in [7, 11) is -0.740. The Balaban J connectivity index is 2.07. The SMILES string of the molecule is CC(c1ccc(C(F)(F)F)cc1)N1CCS(=O)CC1.